The quantitative estimate of drug-likeness (QED) is 0.332. The van der Waals surface area contributed by atoms with Gasteiger partial charge in [0.2, 0.25) is 0 Å². The number of esters is 2. The van der Waals surface area contributed by atoms with E-state index in [4.69, 9.17) is 0 Å². The number of methoxy groups -OCH3 is 2. The molecule has 0 atom stereocenters. The van der Waals surface area contributed by atoms with Gasteiger partial charge in [0.1, 0.15) is 0 Å². The van der Waals surface area contributed by atoms with E-state index in [1.54, 1.807) is 13.0 Å². The molecule has 0 unspecified atom stereocenters. The van der Waals surface area contributed by atoms with Gasteiger partial charge in [0.25, 0.3) is 0 Å². The van der Waals surface area contributed by atoms with E-state index in [2.05, 4.69) is 25.4 Å². The number of hydrogen-bond donors (Lipinski definition) is 0. The van der Waals surface area contributed by atoms with Crippen molar-refractivity contribution in [3.8, 4) is 0 Å². The number of hydrogen-bond acceptors (Lipinski definition) is 4. The highest BCUT2D eigenvalue weighted by atomic mass is 79.9. The van der Waals surface area contributed by atoms with Crippen molar-refractivity contribution < 1.29 is 19.1 Å². The summed E-state index contributed by atoms with van der Waals surface area (Å²) in [5.74, 6) is -2.18. The summed E-state index contributed by atoms with van der Waals surface area (Å²) in [7, 11) is 2.47. The van der Waals surface area contributed by atoms with Gasteiger partial charge in [-0.15, -0.1) is 0 Å². The lowest BCUT2D eigenvalue weighted by atomic mass is 10.0. The zero-order chi connectivity index (χ0) is 11.1. The van der Waals surface area contributed by atoms with Crippen molar-refractivity contribution >= 4 is 27.9 Å². The first-order valence-electron chi connectivity index (χ1n) is 3.99. The fraction of sp³-hybridized carbons (Fsp3) is 0.556. The van der Waals surface area contributed by atoms with Crippen molar-refractivity contribution in [1.29, 1.82) is 0 Å². The molecule has 80 valence electrons. The molecule has 0 aromatic heterocycles. The van der Waals surface area contributed by atoms with Crippen LogP contribution in [0.15, 0.2) is 11.6 Å². The predicted octanol–water partition coefficient (Wildman–Crippen LogP) is 1.29. The van der Waals surface area contributed by atoms with Crippen LogP contribution in [0.1, 0.15) is 6.92 Å². The molecular weight excluding hydrogens is 252 g/mol. The Hall–Kier alpha value is -0.840. The lowest BCUT2D eigenvalue weighted by molar-refractivity contribution is -0.156. The molecule has 0 aliphatic carbocycles. The molecular formula is C9H13BrO4. The third-order valence-corrected chi connectivity index (χ3v) is 2.42. The Kier molecular flexibility index (Phi) is 6.19. The van der Waals surface area contributed by atoms with Crippen LogP contribution < -0.4 is 0 Å². The average molecular weight is 265 g/mol. The monoisotopic (exact) mass is 264 g/mol. The summed E-state index contributed by atoms with van der Waals surface area (Å²) in [5.41, 5.74) is 0.628. The summed E-state index contributed by atoms with van der Waals surface area (Å²) in [6, 6.07) is 0. The molecule has 0 saturated carbocycles. The maximum absolute atomic E-state index is 11.3. The van der Waals surface area contributed by atoms with Crippen LogP contribution in [-0.4, -0.2) is 31.5 Å². The minimum Gasteiger partial charge on any atom is -0.468 e. The molecule has 0 aliphatic rings. The Morgan fingerprint density at radius 2 is 1.71 bits per heavy atom. The number of ether oxygens (including phenoxy) is 2. The molecule has 0 radical (unpaired) electrons. The molecule has 0 aromatic carbocycles. The van der Waals surface area contributed by atoms with Gasteiger partial charge >= 0.3 is 11.9 Å². The van der Waals surface area contributed by atoms with Crippen molar-refractivity contribution in [2.24, 2.45) is 5.92 Å². The number of allylic oxidation sites excluding steroid dienone is 1. The molecule has 5 heteroatoms. The first kappa shape index (κ1) is 13.2. The highest BCUT2D eigenvalue weighted by Crippen LogP contribution is 2.16. The Bertz CT molecular complexity index is 231. The topological polar surface area (TPSA) is 52.6 Å². The highest BCUT2D eigenvalue weighted by molar-refractivity contribution is 9.09. The van der Waals surface area contributed by atoms with E-state index in [1.165, 1.54) is 14.2 Å². The highest BCUT2D eigenvalue weighted by Gasteiger charge is 2.31. The van der Waals surface area contributed by atoms with Crippen molar-refractivity contribution in [1.82, 2.24) is 0 Å². The predicted molar refractivity (Wildman–Crippen MR) is 55.1 cm³/mol. The van der Waals surface area contributed by atoms with Crippen molar-refractivity contribution in [3.05, 3.63) is 11.6 Å². The molecule has 0 fully saturated rings. The van der Waals surface area contributed by atoms with Crippen LogP contribution >= 0.6 is 15.9 Å². The molecule has 0 heterocycles. The van der Waals surface area contributed by atoms with E-state index < -0.39 is 17.9 Å². The molecule has 0 spiro atoms. The normalized spacial score (nSPS) is 11.4. The zero-order valence-corrected chi connectivity index (χ0v) is 9.96. The van der Waals surface area contributed by atoms with Crippen molar-refractivity contribution in [3.63, 3.8) is 0 Å². The second-order valence-electron chi connectivity index (χ2n) is 2.48. The van der Waals surface area contributed by atoms with Gasteiger partial charge in [0, 0.05) is 5.33 Å². The minimum atomic E-state index is -0.964. The largest absolute Gasteiger partial charge is 0.468 e. The first-order chi connectivity index (χ1) is 6.62. The van der Waals surface area contributed by atoms with Gasteiger partial charge in [-0.2, -0.15) is 0 Å². The number of carbonyl (C=O) groups excluding carboxylic acids is 2. The fourth-order valence-electron chi connectivity index (χ4n) is 0.956. The summed E-state index contributed by atoms with van der Waals surface area (Å²) < 4.78 is 9.04. The molecule has 0 aromatic rings. The number of carbonyl (C=O) groups is 2. The summed E-state index contributed by atoms with van der Waals surface area (Å²) in [4.78, 5) is 22.6. The standard InChI is InChI=1S/C9H13BrO4/c1-4-6(5-10)7(8(11)13-2)9(12)14-3/h4,7H,5H2,1-3H3/b6-4+. The minimum absolute atomic E-state index is 0.429. The van der Waals surface area contributed by atoms with Crippen LogP contribution in [0.5, 0.6) is 0 Å². The maximum Gasteiger partial charge on any atom is 0.324 e. The van der Waals surface area contributed by atoms with Gasteiger partial charge in [-0.05, 0) is 12.5 Å². The van der Waals surface area contributed by atoms with E-state index in [1.807, 2.05) is 0 Å². The SMILES string of the molecule is C/C=C(\CBr)C(C(=O)OC)C(=O)OC. The van der Waals surface area contributed by atoms with Crippen LogP contribution in [0.25, 0.3) is 0 Å². The first-order valence-corrected chi connectivity index (χ1v) is 5.11. The number of halogens is 1. The van der Waals surface area contributed by atoms with Gasteiger partial charge in [-0.3, -0.25) is 9.59 Å². The van der Waals surface area contributed by atoms with Gasteiger partial charge in [-0.25, -0.2) is 0 Å². The van der Waals surface area contributed by atoms with Gasteiger partial charge in [0.15, 0.2) is 5.92 Å². The van der Waals surface area contributed by atoms with Crippen LogP contribution in [0.3, 0.4) is 0 Å². The second-order valence-corrected chi connectivity index (χ2v) is 3.04. The average Bonchev–Trinajstić information content (AvgIpc) is 2.23. The third kappa shape index (κ3) is 3.14. The van der Waals surface area contributed by atoms with Gasteiger partial charge < -0.3 is 9.47 Å². The molecule has 14 heavy (non-hydrogen) atoms. The van der Waals surface area contributed by atoms with Crippen LogP contribution in [0.2, 0.25) is 0 Å². The van der Waals surface area contributed by atoms with Crippen molar-refractivity contribution in [2.45, 2.75) is 6.92 Å². The zero-order valence-electron chi connectivity index (χ0n) is 8.37. The Morgan fingerprint density at radius 3 is 1.93 bits per heavy atom. The van der Waals surface area contributed by atoms with Crippen LogP contribution in [0.4, 0.5) is 0 Å². The number of alkyl halides is 1. The Balaban J connectivity index is 4.89. The molecule has 0 rings (SSSR count). The third-order valence-electron chi connectivity index (χ3n) is 1.77. The van der Waals surface area contributed by atoms with Gasteiger partial charge in [-0.1, -0.05) is 22.0 Å². The molecule has 0 N–H and O–H groups in total. The summed E-state index contributed by atoms with van der Waals surface area (Å²) in [6.07, 6.45) is 1.69. The molecule has 0 amide bonds. The fourth-order valence-corrected chi connectivity index (χ4v) is 1.60. The maximum atomic E-state index is 11.3. The summed E-state index contributed by atoms with van der Waals surface area (Å²) >= 11 is 3.19. The van der Waals surface area contributed by atoms with E-state index >= 15 is 0 Å². The van der Waals surface area contributed by atoms with Crippen LogP contribution in [0, 0.1) is 5.92 Å². The Morgan fingerprint density at radius 1 is 1.29 bits per heavy atom. The second kappa shape index (κ2) is 6.59. The van der Waals surface area contributed by atoms with E-state index in [9.17, 15) is 9.59 Å². The van der Waals surface area contributed by atoms with Crippen molar-refractivity contribution in [2.75, 3.05) is 19.5 Å². The van der Waals surface area contributed by atoms with E-state index in [-0.39, 0.29) is 0 Å². The lowest BCUT2D eigenvalue weighted by Crippen LogP contribution is -2.28. The van der Waals surface area contributed by atoms with Gasteiger partial charge in [0.05, 0.1) is 14.2 Å². The number of rotatable bonds is 4. The van der Waals surface area contributed by atoms with Crippen LogP contribution in [-0.2, 0) is 19.1 Å². The molecule has 0 bridgehead atoms. The van der Waals surface area contributed by atoms with E-state index in [0.717, 1.165) is 0 Å². The van der Waals surface area contributed by atoms with E-state index in [0.29, 0.717) is 10.9 Å². The molecule has 4 nitrogen and oxygen atoms in total. The molecule has 0 aliphatic heterocycles. The molecule has 0 saturated heterocycles. The summed E-state index contributed by atoms with van der Waals surface area (Å²) in [6.45, 7) is 1.75. The smallest absolute Gasteiger partial charge is 0.324 e. The summed E-state index contributed by atoms with van der Waals surface area (Å²) in [5, 5.41) is 0.429. The Labute approximate surface area is 91.4 Å². The lowest BCUT2D eigenvalue weighted by Gasteiger charge is -2.13.